The van der Waals surface area contributed by atoms with E-state index in [1.165, 1.54) is 12.8 Å². The van der Waals surface area contributed by atoms with Crippen molar-refractivity contribution in [2.24, 2.45) is 10.9 Å². The number of hydrogen-bond acceptors (Lipinski definition) is 3. The summed E-state index contributed by atoms with van der Waals surface area (Å²) in [6.45, 7) is 5.98. The summed E-state index contributed by atoms with van der Waals surface area (Å²) in [5.74, 6) is 1.52. The summed E-state index contributed by atoms with van der Waals surface area (Å²) in [5.41, 5.74) is 1.14. The molecule has 0 saturated heterocycles. The molecule has 1 saturated carbocycles. The van der Waals surface area contributed by atoms with E-state index in [9.17, 15) is 4.79 Å². The van der Waals surface area contributed by atoms with Gasteiger partial charge < -0.3 is 20.3 Å². The molecule has 6 nitrogen and oxygen atoms in total. The first kappa shape index (κ1) is 20.2. The Kier molecular flexibility index (Phi) is 8.96. The van der Waals surface area contributed by atoms with Crippen LogP contribution in [0.4, 0.5) is 0 Å². The number of carbonyl (C=O) groups excluding carboxylic acids is 1. The molecular weight excluding hydrogens is 328 g/mol. The Morgan fingerprint density at radius 2 is 2.04 bits per heavy atom. The Balaban J connectivity index is 1.62. The van der Waals surface area contributed by atoms with Crippen molar-refractivity contribution in [3.63, 3.8) is 0 Å². The van der Waals surface area contributed by atoms with Gasteiger partial charge in [0.05, 0.1) is 6.54 Å². The van der Waals surface area contributed by atoms with Gasteiger partial charge in [0, 0.05) is 39.9 Å². The van der Waals surface area contributed by atoms with Crippen molar-refractivity contribution >= 4 is 11.9 Å². The topological polar surface area (TPSA) is 66.0 Å². The highest BCUT2D eigenvalue weighted by molar-refractivity contribution is 5.86. The molecule has 1 aliphatic carbocycles. The normalized spacial score (nSPS) is 14.2. The van der Waals surface area contributed by atoms with Gasteiger partial charge in [-0.1, -0.05) is 30.3 Å². The molecule has 1 amide bonds. The maximum atomic E-state index is 12.4. The summed E-state index contributed by atoms with van der Waals surface area (Å²) in [5, 5.41) is 6.32. The number of nitrogens with zero attached hydrogens (tertiary/aromatic N) is 2. The molecule has 2 N–H and O–H groups in total. The SMILES string of the molecule is CCN(Cc1ccccc1)C(=O)CNC(=NC)NCCCOCC1CC1. The van der Waals surface area contributed by atoms with Crippen molar-refractivity contribution in [1.82, 2.24) is 15.5 Å². The van der Waals surface area contributed by atoms with E-state index in [1.807, 2.05) is 42.2 Å². The van der Waals surface area contributed by atoms with E-state index in [1.54, 1.807) is 7.05 Å². The average Bonchev–Trinajstić information content (AvgIpc) is 3.50. The highest BCUT2D eigenvalue weighted by atomic mass is 16.5. The lowest BCUT2D eigenvalue weighted by Gasteiger charge is -2.22. The molecule has 0 spiro atoms. The van der Waals surface area contributed by atoms with Gasteiger partial charge in [-0.25, -0.2) is 0 Å². The van der Waals surface area contributed by atoms with E-state index < -0.39 is 0 Å². The third-order valence-corrected chi connectivity index (χ3v) is 4.39. The van der Waals surface area contributed by atoms with Crippen LogP contribution in [0.3, 0.4) is 0 Å². The zero-order chi connectivity index (χ0) is 18.6. The molecular formula is C20H32N4O2. The molecule has 1 fully saturated rings. The first-order valence-corrected chi connectivity index (χ1v) is 9.57. The average molecular weight is 361 g/mol. The van der Waals surface area contributed by atoms with Gasteiger partial charge in [0.2, 0.25) is 5.91 Å². The van der Waals surface area contributed by atoms with Gasteiger partial charge in [-0.2, -0.15) is 0 Å². The lowest BCUT2D eigenvalue weighted by molar-refractivity contribution is -0.130. The fourth-order valence-electron chi connectivity index (χ4n) is 2.59. The maximum absolute atomic E-state index is 12.4. The molecule has 1 aromatic rings. The molecule has 0 aliphatic heterocycles. The number of nitrogens with one attached hydrogen (secondary N) is 2. The third-order valence-electron chi connectivity index (χ3n) is 4.39. The molecule has 0 atom stereocenters. The van der Waals surface area contributed by atoms with Crippen molar-refractivity contribution in [2.75, 3.05) is 39.9 Å². The van der Waals surface area contributed by atoms with E-state index in [0.29, 0.717) is 19.0 Å². The second-order valence-corrected chi connectivity index (χ2v) is 6.62. The van der Waals surface area contributed by atoms with E-state index >= 15 is 0 Å². The summed E-state index contributed by atoms with van der Waals surface area (Å²) in [7, 11) is 1.71. The highest BCUT2D eigenvalue weighted by Crippen LogP contribution is 2.28. The van der Waals surface area contributed by atoms with Crippen LogP contribution in [0.5, 0.6) is 0 Å². The smallest absolute Gasteiger partial charge is 0.242 e. The van der Waals surface area contributed by atoms with Crippen LogP contribution in [-0.2, 0) is 16.1 Å². The molecule has 0 heterocycles. The van der Waals surface area contributed by atoms with Crippen molar-refractivity contribution in [2.45, 2.75) is 32.7 Å². The quantitative estimate of drug-likeness (QED) is 0.360. The molecule has 0 bridgehead atoms. The number of hydrogen-bond donors (Lipinski definition) is 2. The number of carbonyl (C=O) groups is 1. The minimum atomic E-state index is 0.0621. The van der Waals surface area contributed by atoms with Crippen LogP contribution < -0.4 is 10.6 Å². The Bertz CT molecular complexity index is 558. The Morgan fingerprint density at radius 1 is 1.27 bits per heavy atom. The molecule has 2 rings (SSSR count). The van der Waals surface area contributed by atoms with Crippen molar-refractivity contribution in [1.29, 1.82) is 0 Å². The molecule has 0 aromatic heterocycles. The minimum absolute atomic E-state index is 0.0621. The van der Waals surface area contributed by atoms with Crippen molar-refractivity contribution in [3.05, 3.63) is 35.9 Å². The van der Waals surface area contributed by atoms with Gasteiger partial charge >= 0.3 is 0 Å². The van der Waals surface area contributed by atoms with E-state index in [2.05, 4.69) is 15.6 Å². The molecule has 0 radical (unpaired) electrons. The predicted octanol–water partition coefficient (Wildman–Crippen LogP) is 2.02. The number of guanidine groups is 1. The van der Waals surface area contributed by atoms with Gasteiger partial charge in [-0.05, 0) is 37.7 Å². The number of benzene rings is 1. The van der Waals surface area contributed by atoms with Crippen LogP contribution in [0.2, 0.25) is 0 Å². The monoisotopic (exact) mass is 360 g/mol. The molecule has 0 unspecified atom stereocenters. The zero-order valence-corrected chi connectivity index (χ0v) is 16.0. The highest BCUT2D eigenvalue weighted by Gasteiger charge is 2.20. The Labute approximate surface area is 157 Å². The number of likely N-dealkylation sites (N-methyl/N-ethyl adjacent to an activating group) is 1. The predicted molar refractivity (Wildman–Crippen MR) is 105 cm³/mol. The summed E-state index contributed by atoms with van der Waals surface area (Å²) >= 11 is 0. The van der Waals surface area contributed by atoms with Gasteiger partial charge in [0.1, 0.15) is 0 Å². The van der Waals surface area contributed by atoms with E-state index in [4.69, 9.17) is 4.74 Å². The second-order valence-electron chi connectivity index (χ2n) is 6.62. The van der Waals surface area contributed by atoms with E-state index in [-0.39, 0.29) is 12.5 Å². The number of rotatable bonds is 11. The Hall–Kier alpha value is -2.08. The number of aliphatic imine (C=N–C) groups is 1. The van der Waals surface area contributed by atoms with Gasteiger partial charge in [-0.3, -0.25) is 9.79 Å². The zero-order valence-electron chi connectivity index (χ0n) is 16.0. The first-order chi connectivity index (χ1) is 12.7. The van der Waals surface area contributed by atoms with Crippen LogP contribution >= 0.6 is 0 Å². The lowest BCUT2D eigenvalue weighted by atomic mass is 10.2. The van der Waals surface area contributed by atoms with Crippen LogP contribution in [0.1, 0.15) is 31.7 Å². The number of amides is 1. The lowest BCUT2D eigenvalue weighted by Crippen LogP contribution is -2.44. The van der Waals surface area contributed by atoms with Crippen molar-refractivity contribution in [3.8, 4) is 0 Å². The Morgan fingerprint density at radius 3 is 2.69 bits per heavy atom. The fourth-order valence-corrected chi connectivity index (χ4v) is 2.59. The largest absolute Gasteiger partial charge is 0.381 e. The summed E-state index contributed by atoms with van der Waals surface area (Å²) in [6.07, 6.45) is 3.57. The van der Waals surface area contributed by atoms with Crippen LogP contribution in [0.25, 0.3) is 0 Å². The summed E-state index contributed by atoms with van der Waals surface area (Å²) < 4.78 is 5.61. The van der Waals surface area contributed by atoms with E-state index in [0.717, 1.165) is 37.7 Å². The standard InChI is InChI=1S/C20H32N4O2/c1-3-24(15-17-8-5-4-6-9-17)19(25)14-23-20(21-2)22-12-7-13-26-16-18-10-11-18/h4-6,8-9,18H,3,7,10-16H2,1-2H3,(H2,21,22,23). The van der Waals surface area contributed by atoms with Gasteiger partial charge in [0.15, 0.2) is 5.96 Å². The molecule has 1 aromatic carbocycles. The molecule has 6 heteroatoms. The molecule has 144 valence electrons. The summed E-state index contributed by atoms with van der Waals surface area (Å²) in [6, 6.07) is 10.0. The maximum Gasteiger partial charge on any atom is 0.242 e. The molecule has 26 heavy (non-hydrogen) atoms. The second kappa shape index (κ2) is 11.5. The number of ether oxygens (including phenoxy) is 1. The van der Waals surface area contributed by atoms with Crippen LogP contribution in [-0.4, -0.2) is 56.7 Å². The third kappa shape index (κ3) is 7.87. The van der Waals surface area contributed by atoms with Crippen LogP contribution in [0.15, 0.2) is 35.3 Å². The van der Waals surface area contributed by atoms with Gasteiger partial charge in [-0.15, -0.1) is 0 Å². The molecule has 1 aliphatic rings. The first-order valence-electron chi connectivity index (χ1n) is 9.57. The van der Waals surface area contributed by atoms with Crippen LogP contribution in [0, 0.1) is 5.92 Å². The summed E-state index contributed by atoms with van der Waals surface area (Å²) in [4.78, 5) is 18.4. The fraction of sp³-hybridized carbons (Fsp3) is 0.600. The van der Waals surface area contributed by atoms with Crippen molar-refractivity contribution < 1.29 is 9.53 Å². The van der Waals surface area contributed by atoms with Gasteiger partial charge in [0.25, 0.3) is 0 Å². The minimum Gasteiger partial charge on any atom is -0.381 e.